The van der Waals surface area contributed by atoms with Gasteiger partial charge in [-0.25, -0.2) is 9.37 Å². The van der Waals surface area contributed by atoms with E-state index in [1.165, 1.54) is 72.8 Å². The summed E-state index contributed by atoms with van der Waals surface area (Å²) in [4.78, 5) is 15.8. The number of fused-ring (bicyclic) bond motifs is 11. The van der Waals surface area contributed by atoms with E-state index in [1.54, 1.807) is 60.7 Å². The van der Waals surface area contributed by atoms with Gasteiger partial charge in [0.15, 0.2) is 5.83 Å². The van der Waals surface area contributed by atoms with Gasteiger partial charge in [-0.1, -0.05) is 94.9 Å². The summed E-state index contributed by atoms with van der Waals surface area (Å²) >= 11 is 25.1. The lowest BCUT2D eigenvalue weighted by Crippen LogP contribution is -2.62. The SMILES string of the molecule is FC1=C2c3nc(c(-c4ccc(Cl)cc4)c4ccc([nH]4)c(-c4ccc(Cl)cc4)c4nc(c(-c5ccc(Cl)cc5)c5ccc([nH]5)c3-c3ccc(Cl)cc3)C=C4)C2C(F)(F)C(F)(F)C(F)(F)C1(F)F. The van der Waals surface area contributed by atoms with Crippen molar-refractivity contribution in [1.29, 1.82) is 0 Å². The third kappa shape index (κ3) is 6.68. The summed E-state index contributed by atoms with van der Waals surface area (Å²) in [5, 5.41) is 1.09. The van der Waals surface area contributed by atoms with Crippen LogP contribution in [0.5, 0.6) is 0 Å². The predicted octanol–water partition coefficient (Wildman–Crippen LogP) is 16.8. The molecule has 17 heteroatoms. The summed E-state index contributed by atoms with van der Waals surface area (Å²) in [6.45, 7) is 0. The monoisotopic (exact) mass is 980 g/mol. The highest BCUT2D eigenvalue weighted by atomic mass is 35.5. The number of hydrogen-bond donors (Lipinski definition) is 2. The molecule has 2 aliphatic heterocycles. The molecule has 2 N–H and O–H groups in total. The van der Waals surface area contributed by atoms with Crippen LogP contribution in [0.2, 0.25) is 20.1 Å². The number of benzene rings is 4. The number of halogens is 13. The fourth-order valence-electron chi connectivity index (χ4n) is 8.61. The van der Waals surface area contributed by atoms with Gasteiger partial charge >= 0.3 is 23.7 Å². The molecule has 4 aromatic carbocycles. The van der Waals surface area contributed by atoms with Gasteiger partial charge in [-0.2, -0.15) is 35.1 Å². The van der Waals surface area contributed by atoms with Crippen molar-refractivity contribution < 1.29 is 39.5 Å². The van der Waals surface area contributed by atoms with Crippen LogP contribution in [0.3, 0.4) is 0 Å². The molecule has 1 unspecified atom stereocenters. The Hall–Kier alpha value is -5.99. The zero-order valence-corrected chi connectivity index (χ0v) is 36.1. The number of aromatic nitrogens is 4. The Kier molecular flexibility index (Phi) is 10.3. The first-order valence-electron chi connectivity index (χ1n) is 19.7. The third-order valence-corrected chi connectivity index (χ3v) is 12.8. The Labute approximate surface area is 388 Å². The molecule has 0 amide bonds. The van der Waals surface area contributed by atoms with Gasteiger partial charge in [-0.3, -0.25) is 4.98 Å². The van der Waals surface area contributed by atoms with Crippen LogP contribution in [0.15, 0.2) is 127 Å². The van der Waals surface area contributed by atoms with Crippen LogP contribution in [0.4, 0.5) is 39.5 Å². The molecule has 1 atom stereocenters. The molecule has 5 heterocycles. The molecule has 10 rings (SSSR count). The second-order valence-electron chi connectivity index (χ2n) is 15.7. The lowest BCUT2D eigenvalue weighted by atomic mass is 9.83. The standard InChI is InChI=1S/C49H25Cl4F9N4/c50-27-9-1-23(2-10-27)37-31-17-18-32(63-31)38(24-3-11-28(51)12-4-24)34-20-22-36(65-34)40(26-7-15-30(53)16-8-26)44-42-41(45(54)47(57,58)49(61,62)48(59,60)46(42,55)56)43(66-44)39(35-21-19-33(37)64-35)25-5-13-29(52)14-6-25/h1-22,42,64-65H. The molecule has 0 fully saturated rings. The lowest BCUT2D eigenvalue weighted by molar-refractivity contribution is -0.358. The largest absolute Gasteiger partial charge is 0.384 e. The molecule has 66 heavy (non-hydrogen) atoms. The van der Waals surface area contributed by atoms with E-state index in [0.29, 0.717) is 43.7 Å². The van der Waals surface area contributed by atoms with E-state index in [1.807, 2.05) is 0 Å². The average Bonchev–Trinajstić information content (AvgIpc) is 4.12. The number of alkyl halides is 8. The average molecular weight is 983 g/mol. The molecule has 332 valence electrons. The summed E-state index contributed by atoms with van der Waals surface area (Å²) < 4.78 is 146. The fourth-order valence-corrected chi connectivity index (χ4v) is 9.12. The minimum Gasteiger partial charge on any atom is -0.354 e. The first kappa shape index (κ1) is 43.9. The summed E-state index contributed by atoms with van der Waals surface area (Å²) in [6, 6.07) is 29.7. The second kappa shape index (κ2) is 15.5. The van der Waals surface area contributed by atoms with Crippen molar-refractivity contribution in [2.24, 2.45) is 0 Å². The van der Waals surface area contributed by atoms with Crippen LogP contribution in [-0.2, 0) is 0 Å². The Bertz CT molecular complexity index is 3360. The third-order valence-electron chi connectivity index (χ3n) is 11.8. The molecule has 8 bridgehead atoms. The zero-order chi connectivity index (χ0) is 46.7. The van der Waals surface area contributed by atoms with Crippen molar-refractivity contribution in [2.45, 2.75) is 29.6 Å². The Balaban J connectivity index is 1.50. The minimum absolute atomic E-state index is 0.0264. The second-order valence-corrected chi connectivity index (χ2v) is 17.4. The van der Waals surface area contributed by atoms with E-state index in [9.17, 15) is 0 Å². The highest BCUT2D eigenvalue weighted by Crippen LogP contribution is 2.67. The van der Waals surface area contributed by atoms with Crippen molar-refractivity contribution in [2.75, 3.05) is 0 Å². The van der Waals surface area contributed by atoms with Crippen molar-refractivity contribution in [3.63, 3.8) is 0 Å². The van der Waals surface area contributed by atoms with Gasteiger partial charge in [0.1, 0.15) is 5.92 Å². The van der Waals surface area contributed by atoms with Gasteiger partial charge in [0.2, 0.25) is 0 Å². The van der Waals surface area contributed by atoms with E-state index in [4.69, 9.17) is 51.4 Å². The van der Waals surface area contributed by atoms with E-state index in [-0.39, 0.29) is 43.2 Å². The van der Waals surface area contributed by atoms with Gasteiger partial charge in [-0.15, -0.1) is 0 Å². The first-order valence-corrected chi connectivity index (χ1v) is 21.2. The molecule has 3 aliphatic rings. The molecule has 0 radical (unpaired) electrons. The van der Waals surface area contributed by atoms with E-state index in [0.717, 1.165) is 0 Å². The van der Waals surface area contributed by atoms with E-state index < -0.39 is 63.5 Å². The molecule has 3 aromatic heterocycles. The lowest BCUT2D eigenvalue weighted by Gasteiger charge is -2.35. The van der Waals surface area contributed by atoms with Crippen LogP contribution >= 0.6 is 46.4 Å². The summed E-state index contributed by atoms with van der Waals surface area (Å²) in [5.41, 5.74) is -1.97. The smallest absolute Gasteiger partial charge is 0.354 e. The van der Waals surface area contributed by atoms with Crippen LogP contribution in [0.1, 0.15) is 28.7 Å². The van der Waals surface area contributed by atoms with Crippen molar-refractivity contribution in [3.05, 3.63) is 170 Å². The molecule has 0 saturated carbocycles. The van der Waals surface area contributed by atoms with Crippen LogP contribution in [0, 0.1) is 0 Å². The Morgan fingerprint density at radius 1 is 0.424 bits per heavy atom. The van der Waals surface area contributed by atoms with Gasteiger partial charge < -0.3 is 9.97 Å². The molecule has 7 aromatic rings. The predicted molar refractivity (Wildman–Crippen MR) is 242 cm³/mol. The fraction of sp³-hybridized carbons (Fsp3) is 0.102. The van der Waals surface area contributed by atoms with Gasteiger partial charge in [-0.05, 0) is 107 Å². The van der Waals surface area contributed by atoms with Crippen LogP contribution < -0.4 is 0 Å². The normalized spacial score (nSPS) is 18.0. The minimum atomic E-state index is -6.95. The first-order chi connectivity index (χ1) is 31.3. The molecule has 0 saturated heterocycles. The van der Waals surface area contributed by atoms with Crippen molar-refractivity contribution >= 4 is 86.2 Å². The van der Waals surface area contributed by atoms with Gasteiger partial charge in [0.05, 0.1) is 22.8 Å². The van der Waals surface area contributed by atoms with E-state index >= 15 is 39.5 Å². The quantitative estimate of drug-likeness (QED) is 0.173. The maximum Gasteiger partial charge on any atom is 0.384 e. The summed E-state index contributed by atoms with van der Waals surface area (Å²) in [5.74, 6) is -33.2. The molecule has 0 spiro atoms. The molecule has 4 nitrogen and oxygen atoms in total. The maximum absolute atomic E-state index is 17.1. The Morgan fingerprint density at radius 2 is 0.773 bits per heavy atom. The maximum atomic E-state index is 17.1. The highest BCUT2D eigenvalue weighted by molar-refractivity contribution is 6.31. The van der Waals surface area contributed by atoms with Crippen LogP contribution in [-0.4, -0.2) is 43.6 Å². The highest BCUT2D eigenvalue weighted by Gasteiger charge is 2.86. The molecule has 1 aliphatic carbocycles. The van der Waals surface area contributed by atoms with Crippen molar-refractivity contribution in [3.8, 4) is 44.5 Å². The Morgan fingerprint density at radius 3 is 1.18 bits per heavy atom. The number of hydrogen-bond acceptors (Lipinski definition) is 2. The number of nitrogens with zero attached hydrogens (tertiary/aromatic N) is 2. The van der Waals surface area contributed by atoms with Gasteiger partial charge in [0, 0.05) is 70.0 Å². The van der Waals surface area contributed by atoms with Gasteiger partial charge in [0.25, 0.3) is 0 Å². The summed E-state index contributed by atoms with van der Waals surface area (Å²) in [6.07, 6.45) is 3.48. The van der Waals surface area contributed by atoms with Crippen LogP contribution in [0.25, 0.3) is 84.3 Å². The molecular formula is C49H25Cl4F9N4. The zero-order valence-electron chi connectivity index (χ0n) is 33.1. The number of H-pyrrole nitrogens is 2. The van der Waals surface area contributed by atoms with E-state index in [2.05, 4.69) is 15.0 Å². The number of nitrogens with one attached hydrogen (secondary N) is 2. The number of allylic oxidation sites excluding steroid dienone is 2. The van der Waals surface area contributed by atoms with Crippen molar-refractivity contribution in [1.82, 2.24) is 19.9 Å². The number of rotatable bonds is 4. The molecular weight excluding hydrogens is 957 g/mol. The number of aromatic amines is 2. The summed E-state index contributed by atoms with van der Waals surface area (Å²) in [7, 11) is 0. The topological polar surface area (TPSA) is 57.4 Å².